The maximum Gasteiger partial charge on any atom is 0.326 e. The normalized spacial score (nSPS) is 20.7. The third kappa shape index (κ3) is 7.43. The van der Waals surface area contributed by atoms with E-state index in [4.69, 9.17) is 0 Å². The minimum Gasteiger partial charge on any atom is -0.480 e. The van der Waals surface area contributed by atoms with Crippen LogP contribution in [-0.2, 0) is 19.2 Å². The van der Waals surface area contributed by atoms with E-state index in [2.05, 4.69) is 21.3 Å². The van der Waals surface area contributed by atoms with Gasteiger partial charge in [-0.2, -0.15) is 0 Å². The summed E-state index contributed by atoms with van der Waals surface area (Å²) in [6.07, 6.45) is 0.573. The van der Waals surface area contributed by atoms with Gasteiger partial charge in [-0.3, -0.25) is 14.4 Å². The quantitative estimate of drug-likeness (QED) is 0.267. The summed E-state index contributed by atoms with van der Waals surface area (Å²) < 4.78 is 0. The maximum absolute atomic E-state index is 12.4. The van der Waals surface area contributed by atoms with Crippen LogP contribution in [0, 0.1) is 5.92 Å². The highest BCUT2D eigenvalue weighted by Crippen LogP contribution is 2.07. The molecule has 0 aromatic rings. The summed E-state index contributed by atoms with van der Waals surface area (Å²) in [4.78, 5) is 48.2. The molecule has 0 aromatic heterocycles. The fraction of sp³-hybridized carbons (Fsp3) is 0.778. The molecule has 0 saturated carbocycles. The lowest BCUT2D eigenvalue weighted by molar-refractivity contribution is -0.142. The molecule has 28 heavy (non-hydrogen) atoms. The second-order valence-corrected chi connectivity index (χ2v) is 7.64. The van der Waals surface area contributed by atoms with Crippen molar-refractivity contribution in [3.8, 4) is 0 Å². The number of hydrogen-bond donors (Lipinski definition) is 6. The van der Waals surface area contributed by atoms with Crippen molar-refractivity contribution in [3.63, 3.8) is 0 Å². The summed E-state index contributed by atoms with van der Waals surface area (Å²) in [7, 11) is 0. The van der Waals surface area contributed by atoms with Gasteiger partial charge in [-0.1, -0.05) is 13.8 Å². The zero-order valence-corrected chi connectivity index (χ0v) is 16.8. The molecule has 0 radical (unpaired) electrons. The number of hydrogen-bond acceptors (Lipinski definition) is 6. The zero-order chi connectivity index (χ0) is 21.4. The molecule has 0 aliphatic carbocycles. The minimum atomic E-state index is -1.23. The van der Waals surface area contributed by atoms with E-state index in [0.29, 0.717) is 13.0 Å². The Kier molecular flexibility index (Phi) is 9.33. The molecule has 0 spiro atoms. The summed E-state index contributed by atoms with van der Waals surface area (Å²) >= 11 is 0. The van der Waals surface area contributed by atoms with E-state index in [1.54, 1.807) is 0 Å². The van der Waals surface area contributed by atoms with E-state index in [1.807, 2.05) is 13.8 Å². The fourth-order valence-corrected chi connectivity index (χ4v) is 2.93. The van der Waals surface area contributed by atoms with Crippen LogP contribution >= 0.6 is 0 Å². The van der Waals surface area contributed by atoms with Crippen molar-refractivity contribution >= 4 is 23.7 Å². The van der Waals surface area contributed by atoms with Gasteiger partial charge in [-0.25, -0.2) is 4.79 Å². The lowest BCUT2D eigenvalue weighted by Gasteiger charge is -2.25. The van der Waals surface area contributed by atoms with Gasteiger partial charge in [0.1, 0.15) is 18.1 Å². The average molecular weight is 400 g/mol. The third-order valence-electron chi connectivity index (χ3n) is 4.51. The molecule has 0 aromatic carbocycles. The number of amides is 3. The van der Waals surface area contributed by atoms with Crippen molar-refractivity contribution in [2.24, 2.45) is 5.92 Å². The smallest absolute Gasteiger partial charge is 0.326 e. The summed E-state index contributed by atoms with van der Waals surface area (Å²) in [6.45, 7) is 7.15. The molecular weight excluding hydrogens is 368 g/mol. The van der Waals surface area contributed by atoms with Crippen molar-refractivity contribution in [2.45, 2.75) is 77.2 Å². The molecule has 160 valence electrons. The molecule has 1 aliphatic rings. The molecule has 1 fully saturated rings. The molecule has 1 aliphatic heterocycles. The van der Waals surface area contributed by atoms with Crippen LogP contribution in [0.2, 0.25) is 0 Å². The standard InChI is InChI=1S/C18H32N4O6/c1-9(2)8-13(18(27)28)21-15(24)10(3)20-17(26)14(11(4)23)22-16(25)12-6-5-7-19-12/h9-14,19,23H,5-8H2,1-4H3,(H,20,26)(H,21,24)(H,22,25)(H,27,28). The van der Waals surface area contributed by atoms with Crippen molar-refractivity contribution in [1.29, 1.82) is 0 Å². The van der Waals surface area contributed by atoms with Gasteiger partial charge in [0, 0.05) is 0 Å². The molecule has 0 bridgehead atoms. The fourth-order valence-electron chi connectivity index (χ4n) is 2.93. The van der Waals surface area contributed by atoms with Crippen molar-refractivity contribution in [3.05, 3.63) is 0 Å². The molecule has 10 heteroatoms. The molecule has 6 N–H and O–H groups in total. The Morgan fingerprint density at radius 3 is 2.14 bits per heavy atom. The highest BCUT2D eigenvalue weighted by atomic mass is 16.4. The number of carbonyl (C=O) groups excluding carboxylic acids is 3. The molecule has 1 heterocycles. The largest absolute Gasteiger partial charge is 0.480 e. The van der Waals surface area contributed by atoms with Gasteiger partial charge >= 0.3 is 5.97 Å². The summed E-state index contributed by atoms with van der Waals surface area (Å²) in [5, 5.41) is 29.4. The number of aliphatic hydroxyl groups is 1. The first-order chi connectivity index (χ1) is 13.0. The number of carboxylic acids is 1. The van der Waals surface area contributed by atoms with Crippen molar-refractivity contribution < 1.29 is 29.4 Å². The molecule has 5 unspecified atom stereocenters. The summed E-state index contributed by atoms with van der Waals surface area (Å²) in [5.74, 6) is -2.86. The first kappa shape index (κ1) is 23.8. The lowest BCUT2D eigenvalue weighted by atomic mass is 10.0. The molecule has 1 saturated heterocycles. The number of nitrogens with one attached hydrogen (secondary N) is 4. The number of carboxylic acid groups (broad SMARTS) is 1. The molecule has 1 rings (SSSR count). The van der Waals surface area contributed by atoms with E-state index in [9.17, 15) is 29.4 Å². The monoisotopic (exact) mass is 400 g/mol. The summed E-state index contributed by atoms with van der Waals surface area (Å²) in [6, 6.07) is -3.74. The van der Waals surface area contributed by atoms with Gasteiger partial charge in [0.15, 0.2) is 0 Å². The predicted octanol–water partition coefficient (Wildman–Crippen LogP) is -1.28. The Morgan fingerprint density at radius 1 is 1.04 bits per heavy atom. The van der Waals surface area contributed by atoms with Crippen LogP contribution in [0.5, 0.6) is 0 Å². The average Bonchev–Trinajstić information content (AvgIpc) is 3.12. The number of rotatable bonds is 10. The second-order valence-electron chi connectivity index (χ2n) is 7.64. The third-order valence-corrected chi connectivity index (χ3v) is 4.51. The van der Waals surface area contributed by atoms with E-state index in [0.717, 1.165) is 6.42 Å². The predicted molar refractivity (Wildman–Crippen MR) is 101 cm³/mol. The van der Waals surface area contributed by atoms with E-state index >= 15 is 0 Å². The van der Waals surface area contributed by atoms with Gasteiger partial charge < -0.3 is 31.5 Å². The van der Waals surface area contributed by atoms with E-state index in [-0.39, 0.29) is 12.3 Å². The molecular formula is C18H32N4O6. The lowest BCUT2D eigenvalue weighted by Crippen LogP contribution is -2.59. The van der Waals surface area contributed by atoms with Gasteiger partial charge in [0.05, 0.1) is 12.1 Å². The van der Waals surface area contributed by atoms with Crippen molar-refractivity contribution in [1.82, 2.24) is 21.3 Å². The van der Waals surface area contributed by atoms with Gasteiger partial charge in [0.25, 0.3) is 0 Å². The Labute approximate surface area is 164 Å². The number of aliphatic hydroxyl groups excluding tert-OH is 1. The van der Waals surface area contributed by atoms with Gasteiger partial charge in [-0.05, 0) is 45.6 Å². The zero-order valence-electron chi connectivity index (χ0n) is 16.8. The van der Waals surface area contributed by atoms with Crippen LogP contribution in [0.1, 0.15) is 47.0 Å². The number of carbonyl (C=O) groups is 4. The van der Waals surface area contributed by atoms with E-state index in [1.165, 1.54) is 13.8 Å². The Bertz CT molecular complexity index is 574. The Balaban J connectivity index is 2.66. The number of aliphatic carboxylic acids is 1. The highest BCUT2D eigenvalue weighted by Gasteiger charge is 2.32. The van der Waals surface area contributed by atoms with Crippen LogP contribution in [0.4, 0.5) is 0 Å². The SMILES string of the molecule is CC(C)CC(NC(=O)C(C)NC(=O)C(NC(=O)C1CCCN1)C(C)O)C(=O)O. The highest BCUT2D eigenvalue weighted by molar-refractivity contribution is 5.94. The summed E-state index contributed by atoms with van der Waals surface area (Å²) in [5.41, 5.74) is 0. The van der Waals surface area contributed by atoms with E-state index < -0.39 is 54.0 Å². The van der Waals surface area contributed by atoms with Gasteiger partial charge in [-0.15, -0.1) is 0 Å². The maximum atomic E-state index is 12.4. The Hall–Kier alpha value is -2.20. The van der Waals surface area contributed by atoms with Crippen LogP contribution in [0.15, 0.2) is 0 Å². The van der Waals surface area contributed by atoms with Crippen molar-refractivity contribution in [2.75, 3.05) is 6.54 Å². The van der Waals surface area contributed by atoms with Crippen LogP contribution in [0.25, 0.3) is 0 Å². The first-order valence-corrected chi connectivity index (χ1v) is 9.58. The topological polar surface area (TPSA) is 157 Å². The van der Waals surface area contributed by atoms with Crippen LogP contribution in [0.3, 0.4) is 0 Å². The Morgan fingerprint density at radius 2 is 1.68 bits per heavy atom. The minimum absolute atomic E-state index is 0.0605. The first-order valence-electron chi connectivity index (χ1n) is 9.58. The van der Waals surface area contributed by atoms with Crippen LogP contribution < -0.4 is 21.3 Å². The van der Waals surface area contributed by atoms with Gasteiger partial charge in [0.2, 0.25) is 17.7 Å². The molecule has 3 amide bonds. The molecule has 10 nitrogen and oxygen atoms in total. The molecule has 5 atom stereocenters. The second kappa shape index (κ2) is 11.0. The van der Waals surface area contributed by atoms with Crippen LogP contribution in [-0.4, -0.2) is 70.7 Å².